The summed E-state index contributed by atoms with van der Waals surface area (Å²) in [4.78, 5) is 32.6. The molecule has 0 saturated heterocycles. The van der Waals surface area contributed by atoms with Gasteiger partial charge in [-0.25, -0.2) is 27.5 Å². The monoisotopic (exact) mass is 597 g/mol. The van der Waals surface area contributed by atoms with Crippen molar-refractivity contribution < 1.29 is 36.1 Å². The fourth-order valence-corrected chi connectivity index (χ4v) is 6.38. The van der Waals surface area contributed by atoms with E-state index < -0.39 is 23.9 Å². The summed E-state index contributed by atoms with van der Waals surface area (Å²) < 4.78 is 55.9. The van der Waals surface area contributed by atoms with E-state index in [1.54, 1.807) is 32.9 Å². The van der Waals surface area contributed by atoms with Gasteiger partial charge in [-0.1, -0.05) is 12.1 Å². The molecule has 1 aromatic carbocycles. The molecule has 1 saturated carbocycles. The van der Waals surface area contributed by atoms with Crippen LogP contribution in [0.25, 0.3) is 0 Å². The number of aryl methyl sites for hydroxylation is 1. The maximum atomic E-state index is 12.7. The van der Waals surface area contributed by atoms with Crippen molar-refractivity contribution >= 4 is 29.8 Å². The van der Waals surface area contributed by atoms with Gasteiger partial charge in [0.1, 0.15) is 5.69 Å². The van der Waals surface area contributed by atoms with Crippen molar-refractivity contribution in [1.82, 2.24) is 25.3 Å². The van der Waals surface area contributed by atoms with Crippen LogP contribution in [0.5, 0.6) is 0 Å². The fourth-order valence-electron chi connectivity index (χ4n) is 4.06. The van der Waals surface area contributed by atoms with Crippen molar-refractivity contribution in [1.29, 1.82) is 0 Å². The minimum absolute atomic E-state index is 0.0647. The van der Waals surface area contributed by atoms with E-state index in [-0.39, 0.29) is 41.9 Å². The van der Waals surface area contributed by atoms with Crippen LogP contribution in [0.4, 0.5) is 4.79 Å². The number of aromatic nitrogens is 2. The third-order valence-electron chi connectivity index (χ3n) is 6.04. The van der Waals surface area contributed by atoms with Gasteiger partial charge in [-0.2, -0.15) is 0 Å². The molecule has 0 atom stereocenters. The van der Waals surface area contributed by atoms with E-state index in [9.17, 15) is 22.6 Å². The fraction of sp³-hybridized carbons (Fsp3) is 0.520. The van der Waals surface area contributed by atoms with Crippen molar-refractivity contribution in [2.24, 2.45) is 0 Å². The van der Waals surface area contributed by atoms with Gasteiger partial charge in [0.25, 0.3) is 15.9 Å². The topological polar surface area (TPSA) is 175 Å². The molecule has 13 nitrogen and oxygen atoms in total. The van der Waals surface area contributed by atoms with Crippen molar-refractivity contribution in [3.63, 3.8) is 0 Å². The Balaban J connectivity index is 1.43. The Labute approximate surface area is 234 Å². The highest BCUT2D eigenvalue weighted by molar-refractivity contribution is 7.90. The number of amides is 3. The van der Waals surface area contributed by atoms with Crippen LogP contribution in [0.3, 0.4) is 0 Å². The Hall–Kier alpha value is -2.90. The lowest BCUT2D eigenvalue weighted by atomic mass is 9.93. The van der Waals surface area contributed by atoms with Crippen LogP contribution in [-0.2, 0) is 34.6 Å². The molecule has 1 heterocycles. The molecule has 15 heteroatoms. The molecule has 1 fully saturated rings. The number of sulfonamides is 1. The molecule has 0 unspecified atom stereocenters. The van der Waals surface area contributed by atoms with Crippen molar-refractivity contribution in [2.75, 3.05) is 19.8 Å². The zero-order valence-electron chi connectivity index (χ0n) is 22.8. The number of phosphoric ester groups is 1. The number of rotatable bonds is 13. The Morgan fingerprint density at radius 2 is 1.65 bits per heavy atom. The van der Waals surface area contributed by atoms with Gasteiger partial charge in [-0.3, -0.25) is 23.3 Å². The number of urea groups is 1. The molecule has 3 rings (SSSR count). The molecule has 0 aliphatic heterocycles. The summed E-state index contributed by atoms with van der Waals surface area (Å²) >= 11 is 0. The number of phosphoric acid groups is 1. The third kappa shape index (κ3) is 9.63. The Morgan fingerprint density at radius 1 is 1.00 bits per heavy atom. The van der Waals surface area contributed by atoms with Crippen LogP contribution < -0.4 is 15.4 Å². The number of carbonyl (C=O) groups is 2. The molecular formula is C25H36N5O8PS. The molecule has 0 bridgehead atoms. The Kier molecular flexibility index (Phi) is 11.6. The highest BCUT2D eigenvalue weighted by Crippen LogP contribution is 2.51. The van der Waals surface area contributed by atoms with Gasteiger partial charge >= 0.3 is 13.9 Å². The lowest BCUT2D eigenvalue weighted by molar-refractivity contribution is 0.0617. The number of nitrogens with zero attached hydrogens (tertiary/aromatic N) is 2. The molecule has 1 aliphatic carbocycles. The smallest absolute Gasteiger partial charge is 0.350 e. The molecule has 1 aliphatic rings. The third-order valence-corrected chi connectivity index (χ3v) is 9.09. The molecular weight excluding hydrogens is 561 g/mol. The van der Waals surface area contributed by atoms with Gasteiger partial charge in [-0.15, -0.1) is 0 Å². The second-order valence-corrected chi connectivity index (χ2v) is 12.4. The van der Waals surface area contributed by atoms with E-state index in [0.717, 1.165) is 5.56 Å². The Bertz CT molecular complexity index is 1270. The van der Waals surface area contributed by atoms with Gasteiger partial charge in [-0.05, 0) is 70.6 Å². The SMILES string of the molecule is CCOP(=O)(OCC)OC1CCC(NC(=O)NS(=O)(=O)c2ccc(CCNC(=O)c3cnc(C)cn3)cc2)CC1. The summed E-state index contributed by atoms with van der Waals surface area (Å²) in [7, 11) is -7.72. The highest BCUT2D eigenvalue weighted by Gasteiger charge is 2.33. The van der Waals surface area contributed by atoms with Gasteiger partial charge in [0.15, 0.2) is 0 Å². The largest absolute Gasteiger partial charge is 0.475 e. The maximum Gasteiger partial charge on any atom is 0.475 e. The second-order valence-electron chi connectivity index (χ2n) is 9.13. The van der Waals surface area contributed by atoms with Crippen molar-refractivity contribution in [3.8, 4) is 0 Å². The van der Waals surface area contributed by atoms with Gasteiger partial charge in [0.05, 0.1) is 36.1 Å². The van der Waals surface area contributed by atoms with Crippen LogP contribution in [0.1, 0.15) is 61.3 Å². The van der Waals surface area contributed by atoms with Crippen molar-refractivity contribution in [3.05, 3.63) is 53.6 Å². The average molecular weight is 598 g/mol. The van der Waals surface area contributed by atoms with E-state index in [0.29, 0.717) is 44.3 Å². The first-order valence-electron chi connectivity index (χ1n) is 13.1. The number of hydrogen-bond acceptors (Lipinski definition) is 10. The van der Waals surface area contributed by atoms with E-state index in [1.807, 2.05) is 4.72 Å². The molecule has 220 valence electrons. The number of carbonyl (C=O) groups excluding carboxylic acids is 2. The zero-order chi connectivity index (χ0) is 29.2. The van der Waals surface area contributed by atoms with E-state index in [2.05, 4.69) is 20.6 Å². The minimum Gasteiger partial charge on any atom is -0.350 e. The number of benzene rings is 1. The van der Waals surface area contributed by atoms with Gasteiger partial charge < -0.3 is 10.6 Å². The van der Waals surface area contributed by atoms with Crippen LogP contribution in [-0.4, -0.2) is 62.2 Å². The van der Waals surface area contributed by atoms with Crippen LogP contribution >= 0.6 is 7.82 Å². The first kappa shape index (κ1) is 31.6. The zero-order valence-corrected chi connectivity index (χ0v) is 24.5. The van der Waals surface area contributed by atoms with E-state index in [4.69, 9.17) is 13.6 Å². The summed E-state index contributed by atoms with van der Waals surface area (Å²) in [5.74, 6) is -0.348. The lowest BCUT2D eigenvalue weighted by Crippen LogP contribution is -2.46. The quantitative estimate of drug-likeness (QED) is 0.291. The summed E-state index contributed by atoms with van der Waals surface area (Å²) in [6.45, 7) is 5.87. The summed E-state index contributed by atoms with van der Waals surface area (Å²) in [5.41, 5.74) is 1.73. The van der Waals surface area contributed by atoms with E-state index >= 15 is 0 Å². The second kappa shape index (κ2) is 14.6. The molecule has 40 heavy (non-hydrogen) atoms. The first-order valence-corrected chi connectivity index (χ1v) is 16.0. The normalized spacial score (nSPS) is 17.7. The van der Waals surface area contributed by atoms with Crippen LogP contribution in [0.15, 0.2) is 41.6 Å². The maximum absolute atomic E-state index is 12.7. The van der Waals surface area contributed by atoms with Crippen molar-refractivity contribution in [2.45, 2.75) is 69.9 Å². The number of hydrogen-bond donors (Lipinski definition) is 3. The van der Waals surface area contributed by atoms with Gasteiger partial charge in [0, 0.05) is 18.8 Å². The molecule has 0 spiro atoms. The van der Waals surface area contributed by atoms with Crippen LogP contribution in [0, 0.1) is 6.92 Å². The molecule has 1 aromatic heterocycles. The summed E-state index contributed by atoms with van der Waals surface area (Å²) in [6, 6.07) is 4.94. The predicted molar refractivity (Wildman–Crippen MR) is 146 cm³/mol. The molecule has 3 N–H and O–H groups in total. The van der Waals surface area contributed by atoms with E-state index in [1.165, 1.54) is 24.5 Å². The number of nitrogens with one attached hydrogen (secondary N) is 3. The minimum atomic E-state index is -4.09. The highest BCUT2D eigenvalue weighted by atomic mass is 32.2. The standard InChI is InChI=1S/C25H36N5O8PS/c1-4-36-39(33,37-5-2)38-21-10-8-20(9-11-21)29-25(32)30-40(34,35)22-12-6-19(7-13-22)14-15-26-24(31)23-17-27-18(3)16-28-23/h6-7,12-13,16-17,20-21H,4-5,8-11,14-15H2,1-3H3,(H,26,31)(H2,29,30,32). The predicted octanol–water partition coefficient (Wildman–Crippen LogP) is 3.25. The molecule has 0 radical (unpaired) electrons. The summed E-state index contributed by atoms with van der Waals surface area (Å²) in [6.07, 6.45) is 5.06. The molecule has 2 aromatic rings. The van der Waals surface area contributed by atoms with Crippen LogP contribution in [0.2, 0.25) is 0 Å². The summed E-state index contributed by atoms with van der Waals surface area (Å²) in [5, 5.41) is 5.42. The first-order chi connectivity index (χ1) is 19.0. The van der Waals surface area contributed by atoms with Gasteiger partial charge in [0.2, 0.25) is 0 Å². The average Bonchev–Trinajstić information content (AvgIpc) is 2.90. The Morgan fingerprint density at radius 3 is 2.23 bits per heavy atom. The molecule has 3 amide bonds. The lowest BCUT2D eigenvalue weighted by Gasteiger charge is -2.30.